The molecule has 1 aliphatic heterocycles. The number of nitrogens with one attached hydrogen (secondary N) is 1. The minimum atomic E-state index is -1.15. The molecule has 2 heterocycles. The standard InChI is InChI=1S/C31H30N4O4/c1-21-9-5-6-11-26(21)23-14-16-31(17-15-23,29-32-22(2)39-34-29)30(36)33-24-12-13-27(37-4)28(19-24)38-25-10-7-8-18-35(3)20-25/h5-16,18-20H,17H2,1-4H3,(H,33,36). The number of anilines is 1. The summed E-state index contributed by atoms with van der Waals surface area (Å²) in [7, 11) is 3.49. The summed E-state index contributed by atoms with van der Waals surface area (Å²) in [5, 5.41) is 7.17. The van der Waals surface area contributed by atoms with Gasteiger partial charge in [0.2, 0.25) is 11.8 Å². The van der Waals surface area contributed by atoms with E-state index in [4.69, 9.17) is 14.0 Å². The van der Waals surface area contributed by atoms with Crippen molar-refractivity contribution < 1.29 is 18.8 Å². The lowest BCUT2D eigenvalue weighted by Gasteiger charge is -2.28. The fourth-order valence-corrected chi connectivity index (χ4v) is 4.54. The Labute approximate surface area is 227 Å². The van der Waals surface area contributed by atoms with Gasteiger partial charge in [0, 0.05) is 38.1 Å². The highest BCUT2D eigenvalue weighted by molar-refractivity contribution is 6.01. The van der Waals surface area contributed by atoms with E-state index < -0.39 is 5.41 Å². The predicted octanol–water partition coefficient (Wildman–Crippen LogP) is 5.85. The Bertz CT molecular complexity index is 1550. The molecule has 1 aromatic heterocycles. The van der Waals surface area contributed by atoms with E-state index in [-0.39, 0.29) is 5.91 Å². The highest BCUT2D eigenvalue weighted by Gasteiger charge is 2.43. The SMILES string of the molecule is COc1ccc(NC(=O)C2(c3noc(C)n3)C=CC(c3ccccc3C)=CC2)cc1OC1=CN(C)C=CC=C1. The number of aryl methyl sites for hydroxylation is 2. The zero-order chi connectivity index (χ0) is 27.4. The van der Waals surface area contributed by atoms with Crippen molar-refractivity contribution in [2.75, 3.05) is 19.5 Å². The molecule has 39 heavy (non-hydrogen) atoms. The van der Waals surface area contributed by atoms with Crippen LogP contribution in [-0.4, -0.2) is 35.1 Å². The first-order valence-corrected chi connectivity index (χ1v) is 12.6. The van der Waals surface area contributed by atoms with E-state index >= 15 is 0 Å². The van der Waals surface area contributed by atoms with Crippen LogP contribution in [0, 0.1) is 13.8 Å². The molecule has 1 N–H and O–H groups in total. The van der Waals surface area contributed by atoms with Crippen molar-refractivity contribution in [3.63, 3.8) is 0 Å². The number of hydrogen-bond acceptors (Lipinski definition) is 7. The quantitative estimate of drug-likeness (QED) is 0.416. The molecule has 1 unspecified atom stereocenters. The molecule has 1 aliphatic carbocycles. The second-order valence-corrected chi connectivity index (χ2v) is 9.44. The maximum Gasteiger partial charge on any atom is 0.242 e. The molecular formula is C31H30N4O4. The molecule has 1 amide bonds. The van der Waals surface area contributed by atoms with Crippen LogP contribution >= 0.6 is 0 Å². The number of ether oxygens (including phenoxy) is 2. The molecule has 198 valence electrons. The van der Waals surface area contributed by atoms with E-state index in [1.54, 1.807) is 32.2 Å². The lowest BCUT2D eigenvalue weighted by atomic mass is 9.77. The highest BCUT2D eigenvalue weighted by Crippen LogP contribution is 2.38. The van der Waals surface area contributed by atoms with Crippen LogP contribution in [0.25, 0.3) is 5.57 Å². The molecular weight excluding hydrogens is 492 g/mol. The van der Waals surface area contributed by atoms with Gasteiger partial charge < -0.3 is 24.2 Å². The van der Waals surface area contributed by atoms with E-state index in [9.17, 15) is 4.79 Å². The van der Waals surface area contributed by atoms with Crippen molar-refractivity contribution >= 4 is 17.2 Å². The Morgan fingerprint density at radius 3 is 2.67 bits per heavy atom. The molecule has 0 bridgehead atoms. The van der Waals surface area contributed by atoms with Gasteiger partial charge in [-0.3, -0.25) is 4.79 Å². The van der Waals surface area contributed by atoms with Crippen molar-refractivity contribution in [1.29, 1.82) is 0 Å². The van der Waals surface area contributed by atoms with Crippen LogP contribution in [0.1, 0.15) is 29.3 Å². The van der Waals surface area contributed by atoms with Gasteiger partial charge in [-0.15, -0.1) is 0 Å². The van der Waals surface area contributed by atoms with E-state index in [2.05, 4.69) is 34.5 Å². The number of carbonyl (C=O) groups excluding carboxylic acids is 1. The average Bonchev–Trinajstić information content (AvgIpc) is 3.27. The topological polar surface area (TPSA) is 89.7 Å². The average molecular weight is 523 g/mol. The number of methoxy groups -OCH3 is 1. The van der Waals surface area contributed by atoms with Gasteiger partial charge in [0.25, 0.3) is 0 Å². The van der Waals surface area contributed by atoms with E-state index in [1.807, 2.05) is 72.9 Å². The number of aromatic nitrogens is 2. The summed E-state index contributed by atoms with van der Waals surface area (Å²) in [5.41, 5.74) is 2.72. The summed E-state index contributed by atoms with van der Waals surface area (Å²) < 4.78 is 16.9. The zero-order valence-corrected chi connectivity index (χ0v) is 22.3. The summed E-state index contributed by atoms with van der Waals surface area (Å²) in [6, 6.07) is 13.4. The van der Waals surface area contributed by atoms with Crippen molar-refractivity contribution in [3.8, 4) is 11.5 Å². The van der Waals surface area contributed by atoms with Crippen molar-refractivity contribution in [1.82, 2.24) is 15.0 Å². The fraction of sp³-hybridized carbons (Fsp3) is 0.194. The second kappa shape index (κ2) is 10.9. The van der Waals surface area contributed by atoms with Gasteiger partial charge in [-0.25, -0.2) is 0 Å². The maximum absolute atomic E-state index is 13.9. The van der Waals surface area contributed by atoms with Crippen LogP contribution < -0.4 is 14.8 Å². The lowest BCUT2D eigenvalue weighted by Crippen LogP contribution is -2.40. The van der Waals surface area contributed by atoms with Gasteiger partial charge in [-0.2, -0.15) is 4.98 Å². The number of allylic oxidation sites excluding steroid dienone is 6. The summed E-state index contributed by atoms with van der Waals surface area (Å²) in [6.45, 7) is 3.78. The largest absolute Gasteiger partial charge is 0.493 e. The number of nitrogens with zero attached hydrogens (tertiary/aromatic N) is 3. The Morgan fingerprint density at radius 1 is 1.10 bits per heavy atom. The maximum atomic E-state index is 13.9. The number of hydrogen-bond donors (Lipinski definition) is 1. The first kappa shape index (κ1) is 25.8. The Kier molecular flexibility index (Phi) is 7.19. The first-order chi connectivity index (χ1) is 18.9. The smallest absolute Gasteiger partial charge is 0.242 e. The second-order valence-electron chi connectivity index (χ2n) is 9.44. The Hall–Kier alpha value is -4.85. The van der Waals surface area contributed by atoms with Crippen molar-refractivity contribution in [2.24, 2.45) is 0 Å². The van der Waals surface area contributed by atoms with Crippen LogP contribution in [0.3, 0.4) is 0 Å². The minimum Gasteiger partial charge on any atom is -0.493 e. The highest BCUT2D eigenvalue weighted by atomic mass is 16.5. The van der Waals surface area contributed by atoms with Crippen LogP contribution in [0.4, 0.5) is 5.69 Å². The molecule has 2 aromatic carbocycles. The predicted molar refractivity (Wildman–Crippen MR) is 150 cm³/mol. The van der Waals surface area contributed by atoms with Crippen LogP contribution in [0.15, 0.2) is 102 Å². The van der Waals surface area contributed by atoms with Crippen LogP contribution in [-0.2, 0) is 10.2 Å². The number of rotatable bonds is 7. The molecule has 0 saturated carbocycles. The third-order valence-corrected chi connectivity index (χ3v) is 6.65. The van der Waals surface area contributed by atoms with Gasteiger partial charge in [0.1, 0.15) is 11.2 Å². The number of benzene rings is 2. The number of carbonyl (C=O) groups is 1. The fourth-order valence-electron chi connectivity index (χ4n) is 4.54. The number of amides is 1. The molecule has 0 saturated heterocycles. The first-order valence-electron chi connectivity index (χ1n) is 12.6. The van der Waals surface area contributed by atoms with E-state index in [0.717, 1.165) is 16.7 Å². The Balaban J connectivity index is 1.44. The molecule has 8 heteroatoms. The Morgan fingerprint density at radius 2 is 1.95 bits per heavy atom. The molecule has 1 atom stereocenters. The van der Waals surface area contributed by atoms with Crippen LogP contribution in [0.2, 0.25) is 0 Å². The molecule has 3 aromatic rings. The third kappa shape index (κ3) is 5.40. The molecule has 0 spiro atoms. The summed E-state index contributed by atoms with van der Waals surface area (Å²) >= 11 is 0. The summed E-state index contributed by atoms with van der Waals surface area (Å²) in [5.74, 6) is 2.04. The van der Waals surface area contributed by atoms with Gasteiger partial charge in [0.15, 0.2) is 17.3 Å². The molecule has 0 radical (unpaired) electrons. The zero-order valence-electron chi connectivity index (χ0n) is 22.3. The van der Waals surface area contributed by atoms with Crippen molar-refractivity contribution in [3.05, 3.63) is 120 Å². The summed E-state index contributed by atoms with van der Waals surface area (Å²) in [4.78, 5) is 20.3. The lowest BCUT2D eigenvalue weighted by molar-refractivity contribution is -0.120. The molecule has 0 fully saturated rings. The third-order valence-electron chi connectivity index (χ3n) is 6.65. The van der Waals surface area contributed by atoms with Gasteiger partial charge in [0.05, 0.1) is 7.11 Å². The van der Waals surface area contributed by atoms with Crippen molar-refractivity contribution in [2.45, 2.75) is 25.7 Å². The van der Waals surface area contributed by atoms with Gasteiger partial charge >= 0.3 is 0 Å². The van der Waals surface area contributed by atoms with Gasteiger partial charge in [-0.05, 0) is 54.3 Å². The molecule has 2 aliphatic rings. The minimum absolute atomic E-state index is 0.284. The molecule has 8 nitrogen and oxygen atoms in total. The monoisotopic (exact) mass is 522 g/mol. The van der Waals surface area contributed by atoms with E-state index in [0.29, 0.717) is 41.1 Å². The molecule has 5 rings (SSSR count). The summed E-state index contributed by atoms with van der Waals surface area (Å²) in [6.07, 6.45) is 15.6. The van der Waals surface area contributed by atoms with Crippen LogP contribution in [0.5, 0.6) is 11.5 Å². The van der Waals surface area contributed by atoms with E-state index in [1.165, 1.54) is 0 Å². The normalized spacial score (nSPS) is 18.3. The van der Waals surface area contributed by atoms with Gasteiger partial charge in [-0.1, -0.05) is 53.7 Å².